The number of nitrogens with two attached hydrogens (primary N) is 1. The van der Waals surface area contributed by atoms with Crippen LogP contribution in [0.5, 0.6) is 0 Å². The first-order valence-electron chi connectivity index (χ1n) is 7.79. The minimum atomic E-state index is -1.26. The molecule has 0 fully saturated rings. The number of rotatable bonds is 10. The van der Waals surface area contributed by atoms with Crippen LogP contribution in [0.25, 0.3) is 0 Å². The molecule has 0 aliphatic carbocycles. The van der Waals surface area contributed by atoms with Crippen molar-refractivity contribution in [2.24, 2.45) is 11.1 Å². The highest BCUT2D eigenvalue weighted by atomic mass is 32.2. The van der Waals surface area contributed by atoms with E-state index in [9.17, 15) is 24.0 Å². The number of aliphatic carboxylic acids is 2. The zero-order valence-corrected chi connectivity index (χ0v) is 15.7. The van der Waals surface area contributed by atoms with E-state index in [1.54, 1.807) is 20.8 Å². The van der Waals surface area contributed by atoms with Gasteiger partial charge in [-0.3, -0.25) is 24.0 Å². The number of carboxylic acid groups (broad SMARTS) is 2. The Morgan fingerprint density at radius 2 is 1.69 bits per heavy atom. The van der Waals surface area contributed by atoms with Crippen LogP contribution >= 0.6 is 11.8 Å². The van der Waals surface area contributed by atoms with Gasteiger partial charge in [0.25, 0.3) is 0 Å². The Labute approximate surface area is 155 Å². The predicted molar refractivity (Wildman–Crippen MR) is 94.3 cm³/mol. The van der Waals surface area contributed by atoms with Crippen molar-refractivity contribution in [3.8, 4) is 0 Å². The van der Waals surface area contributed by atoms with Crippen molar-refractivity contribution in [1.82, 2.24) is 10.6 Å². The fourth-order valence-corrected chi connectivity index (χ4v) is 2.51. The average molecular weight is 391 g/mol. The summed E-state index contributed by atoms with van der Waals surface area (Å²) in [7, 11) is 0. The summed E-state index contributed by atoms with van der Waals surface area (Å²) in [5.74, 6) is -3.97. The highest BCUT2D eigenvalue weighted by Gasteiger charge is 2.27. The van der Waals surface area contributed by atoms with Gasteiger partial charge in [0.2, 0.25) is 11.8 Å². The fraction of sp³-hybridized carbons (Fsp3) is 0.667. The molecule has 10 nitrogen and oxygen atoms in total. The molecule has 0 saturated heterocycles. The quantitative estimate of drug-likeness (QED) is 0.318. The Balaban J connectivity index is 4.83. The summed E-state index contributed by atoms with van der Waals surface area (Å²) in [6.07, 6.45) is -0.354. The zero-order valence-electron chi connectivity index (χ0n) is 14.9. The Morgan fingerprint density at radius 1 is 1.12 bits per heavy atom. The van der Waals surface area contributed by atoms with Crippen LogP contribution < -0.4 is 16.4 Å². The van der Waals surface area contributed by atoms with E-state index in [4.69, 9.17) is 15.9 Å². The maximum Gasteiger partial charge on any atom is 0.322 e. The van der Waals surface area contributed by atoms with Gasteiger partial charge in [-0.2, -0.15) is 0 Å². The normalized spacial score (nSPS) is 13.4. The molecule has 0 aromatic heterocycles. The highest BCUT2D eigenvalue weighted by molar-refractivity contribution is 8.13. The topological polar surface area (TPSA) is 176 Å². The van der Waals surface area contributed by atoms with Crippen molar-refractivity contribution in [2.75, 3.05) is 12.3 Å². The highest BCUT2D eigenvalue weighted by Crippen LogP contribution is 2.23. The number of hydrogen-bond donors (Lipinski definition) is 5. The second-order valence-corrected chi connectivity index (χ2v) is 7.56. The number of thioether (sulfide) groups is 1. The number of carboxylic acids is 2. The van der Waals surface area contributed by atoms with E-state index in [2.05, 4.69) is 10.6 Å². The monoisotopic (exact) mass is 391 g/mol. The third-order valence-electron chi connectivity index (χ3n) is 3.06. The molecule has 0 spiro atoms. The van der Waals surface area contributed by atoms with Crippen LogP contribution in [0.2, 0.25) is 0 Å². The molecule has 0 aliphatic heterocycles. The maximum absolute atomic E-state index is 12.1. The van der Waals surface area contributed by atoms with Gasteiger partial charge >= 0.3 is 11.9 Å². The van der Waals surface area contributed by atoms with Crippen LogP contribution in [0.15, 0.2) is 0 Å². The van der Waals surface area contributed by atoms with E-state index in [1.807, 2.05) is 0 Å². The number of nitrogens with one attached hydrogen (secondary N) is 2. The molecule has 0 unspecified atom stereocenters. The second-order valence-electron chi connectivity index (χ2n) is 6.56. The Hall–Kier alpha value is -2.14. The fourth-order valence-electron chi connectivity index (χ4n) is 1.52. The molecular formula is C15H25N3O7S. The molecular weight excluding hydrogens is 366 g/mol. The molecule has 2 atom stereocenters. The SMILES string of the molecule is CC(C)(C)C(=O)SC[C@H](NC(=O)CC[C@H](N)C(=O)O)C(=O)NCC(=O)O. The van der Waals surface area contributed by atoms with Gasteiger partial charge in [-0.1, -0.05) is 32.5 Å². The lowest BCUT2D eigenvalue weighted by atomic mass is 10.00. The summed E-state index contributed by atoms with van der Waals surface area (Å²) in [5.41, 5.74) is 4.66. The average Bonchev–Trinajstić information content (AvgIpc) is 2.52. The molecule has 0 rings (SSSR count). The third kappa shape index (κ3) is 9.99. The number of carbonyl (C=O) groups is 5. The Kier molecular flexibility index (Phi) is 9.88. The van der Waals surface area contributed by atoms with Gasteiger partial charge in [0, 0.05) is 17.6 Å². The summed E-state index contributed by atoms with van der Waals surface area (Å²) in [6.45, 7) is 4.47. The molecule has 26 heavy (non-hydrogen) atoms. The third-order valence-corrected chi connectivity index (χ3v) is 4.43. The van der Waals surface area contributed by atoms with Crippen molar-refractivity contribution in [3.63, 3.8) is 0 Å². The molecule has 0 radical (unpaired) electrons. The van der Waals surface area contributed by atoms with E-state index in [-0.39, 0.29) is 23.7 Å². The van der Waals surface area contributed by atoms with E-state index in [1.165, 1.54) is 0 Å². The first kappa shape index (κ1) is 23.9. The molecule has 2 amide bonds. The second kappa shape index (κ2) is 10.8. The van der Waals surface area contributed by atoms with E-state index in [0.29, 0.717) is 0 Å². The summed E-state index contributed by atoms with van der Waals surface area (Å²) >= 11 is 0.845. The van der Waals surface area contributed by atoms with Crippen LogP contribution in [0.4, 0.5) is 0 Å². The first-order valence-corrected chi connectivity index (χ1v) is 8.77. The van der Waals surface area contributed by atoms with Gasteiger partial charge in [-0.15, -0.1) is 0 Å². The van der Waals surface area contributed by atoms with Crippen molar-refractivity contribution >= 4 is 40.6 Å². The summed E-state index contributed by atoms with van der Waals surface area (Å²) in [4.78, 5) is 57.2. The van der Waals surface area contributed by atoms with Gasteiger partial charge < -0.3 is 26.6 Å². The minimum absolute atomic E-state index is 0.0850. The summed E-state index contributed by atoms with van der Waals surface area (Å²) in [5, 5.41) is 21.6. The van der Waals surface area contributed by atoms with Crippen molar-refractivity contribution in [3.05, 3.63) is 0 Å². The molecule has 0 heterocycles. The van der Waals surface area contributed by atoms with E-state index >= 15 is 0 Å². The molecule has 0 bridgehead atoms. The minimum Gasteiger partial charge on any atom is -0.480 e. The van der Waals surface area contributed by atoms with Crippen LogP contribution in [0.3, 0.4) is 0 Å². The Bertz CT molecular complexity index is 560. The standard InChI is InChI=1S/C15H25N3O7S/c1-15(2,3)14(25)26-7-9(12(22)17-6-11(20)21)18-10(19)5-4-8(16)13(23)24/h8-9H,4-7,16H2,1-3H3,(H,17,22)(H,18,19)(H,20,21)(H,23,24)/t8-,9-/m0/s1. The van der Waals surface area contributed by atoms with Crippen molar-refractivity contribution in [1.29, 1.82) is 0 Å². The zero-order chi connectivity index (χ0) is 20.5. The van der Waals surface area contributed by atoms with E-state index in [0.717, 1.165) is 11.8 Å². The van der Waals surface area contributed by atoms with Gasteiger partial charge in [-0.05, 0) is 6.42 Å². The Morgan fingerprint density at radius 3 is 2.15 bits per heavy atom. The van der Waals surface area contributed by atoms with Gasteiger partial charge in [-0.25, -0.2) is 0 Å². The largest absolute Gasteiger partial charge is 0.480 e. The van der Waals surface area contributed by atoms with Crippen LogP contribution in [-0.2, 0) is 24.0 Å². The van der Waals surface area contributed by atoms with Crippen LogP contribution in [-0.4, -0.2) is 63.5 Å². The molecule has 0 aromatic rings. The van der Waals surface area contributed by atoms with Crippen molar-refractivity contribution in [2.45, 2.75) is 45.7 Å². The van der Waals surface area contributed by atoms with E-state index < -0.39 is 47.8 Å². The van der Waals surface area contributed by atoms with Gasteiger partial charge in [0.15, 0.2) is 5.12 Å². The molecule has 148 valence electrons. The smallest absolute Gasteiger partial charge is 0.322 e. The molecule has 0 aliphatic rings. The van der Waals surface area contributed by atoms with Crippen LogP contribution in [0, 0.1) is 5.41 Å². The number of amides is 2. The lowest BCUT2D eigenvalue weighted by Crippen LogP contribution is -2.49. The molecule has 0 aromatic carbocycles. The first-order chi connectivity index (χ1) is 11.8. The van der Waals surface area contributed by atoms with Gasteiger partial charge in [0.1, 0.15) is 18.6 Å². The molecule has 11 heteroatoms. The van der Waals surface area contributed by atoms with Crippen LogP contribution in [0.1, 0.15) is 33.6 Å². The molecule has 0 saturated carbocycles. The summed E-state index contributed by atoms with van der Waals surface area (Å²) < 4.78 is 0. The molecule has 6 N–H and O–H groups in total. The predicted octanol–water partition coefficient (Wildman–Crippen LogP) is -0.830. The summed E-state index contributed by atoms with van der Waals surface area (Å²) in [6, 6.07) is -2.35. The lowest BCUT2D eigenvalue weighted by Gasteiger charge is -2.20. The van der Waals surface area contributed by atoms with Gasteiger partial charge in [0.05, 0.1) is 0 Å². The number of hydrogen-bond acceptors (Lipinski definition) is 7. The van der Waals surface area contributed by atoms with Crippen molar-refractivity contribution < 1.29 is 34.2 Å². The maximum atomic E-state index is 12.1. The number of carbonyl (C=O) groups excluding carboxylic acids is 3. The lowest BCUT2D eigenvalue weighted by molar-refractivity contribution is -0.139.